The van der Waals surface area contributed by atoms with Crippen LogP contribution in [0, 0.1) is 23.2 Å². The number of carbonyl (C=O) groups excluding carboxylic acids is 1. The van der Waals surface area contributed by atoms with Gasteiger partial charge in [-0.3, -0.25) is 4.79 Å². The topological polar surface area (TPSA) is 49.3 Å². The van der Waals surface area contributed by atoms with E-state index in [1.807, 2.05) is 19.1 Å². The normalized spacial score (nSPS) is 36.1. The van der Waals surface area contributed by atoms with Crippen molar-refractivity contribution in [3.8, 4) is 5.75 Å². The molecule has 3 saturated carbocycles. The molecule has 1 aromatic carbocycles. The minimum absolute atomic E-state index is 0.0410. The van der Waals surface area contributed by atoms with E-state index >= 15 is 8.78 Å². The van der Waals surface area contributed by atoms with Crippen LogP contribution in [-0.4, -0.2) is 23.0 Å². The minimum atomic E-state index is -2.66. The van der Waals surface area contributed by atoms with E-state index in [0.717, 1.165) is 32.1 Å². The maximum absolute atomic E-state index is 15.4. The van der Waals surface area contributed by atoms with Gasteiger partial charge in [-0.05, 0) is 91.9 Å². The summed E-state index contributed by atoms with van der Waals surface area (Å²) in [5.74, 6) is -1.93. The van der Waals surface area contributed by atoms with E-state index in [2.05, 4.69) is 5.32 Å². The van der Waals surface area contributed by atoms with E-state index in [0.29, 0.717) is 25.2 Å². The first-order valence-electron chi connectivity index (χ1n) is 12.8. The zero-order valence-corrected chi connectivity index (χ0v) is 19.2. The molecule has 1 amide bonds. The molecule has 4 aliphatic rings. The van der Waals surface area contributed by atoms with Crippen molar-refractivity contribution in [2.24, 2.45) is 23.2 Å². The Hall–Kier alpha value is -1.65. The monoisotopic (exact) mass is 445 g/mol. The van der Waals surface area contributed by atoms with Gasteiger partial charge < -0.3 is 10.4 Å². The van der Waals surface area contributed by atoms with Crippen LogP contribution >= 0.6 is 0 Å². The molecular weight excluding hydrogens is 408 g/mol. The molecular formula is C27H37F2NO2. The van der Waals surface area contributed by atoms with E-state index in [9.17, 15) is 9.90 Å². The molecule has 0 aromatic heterocycles. The highest BCUT2D eigenvalue weighted by Crippen LogP contribution is 2.68. The number of halogens is 2. The van der Waals surface area contributed by atoms with Crippen molar-refractivity contribution >= 4 is 5.91 Å². The van der Waals surface area contributed by atoms with Crippen LogP contribution in [0.3, 0.4) is 0 Å². The van der Waals surface area contributed by atoms with Gasteiger partial charge in [0.2, 0.25) is 5.91 Å². The molecule has 0 heterocycles. The molecule has 0 aliphatic heterocycles. The van der Waals surface area contributed by atoms with E-state index in [1.54, 1.807) is 6.07 Å². The fourth-order valence-corrected chi connectivity index (χ4v) is 7.95. The lowest BCUT2D eigenvalue weighted by atomic mass is 9.53. The largest absolute Gasteiger partial charge is 0.508 e. The highest BCUT2D eigenvalue weighted by molar-refractivity contribution is 5.76. The van der Waals surface area contributed by atoms with Gasteiger partial charge in [-0.1, -0.05) is 32.3 Å². The van der Waals surface area contributed by atoms with Gasteiger partial charge in [-0.15, -0.1) is 0 Å². The number of carbonyl (C=O) groups is 1. The lowest BCUT2D eigenvalue weighted by molar-refractivity contribution is -0.133. The standard InChI is InChI=1S/C27H37F2NO2/c1-26-14-13-22-21-11-9-20(31)15-17(21)7-10-23(22)25(26)18(16-27(26,28)29)8-12-24(32)30-19-5-3-2-4-6-19/h9,11,15,18-19,22-23,25,31H,2-8,10,12-14,16H2,1H3,(H,30,32)/t18-,22-,23-,25+,26+/m1/s1. The Bertz CT molecular complexity index is 865. The van der Waals surface area contributed by atoms with Crippen molar-refractivity contribution < 1.29 is 18.7 Å². The zero-order valence-electron chi connectivity index (χ0n) is 19.2. The first-order chi connectivity index (χ1) is 15.3. The van der Waals surface area contributed by atoms with Crippen molar-refractivity contribution in [2.45, 2.75) is 102 Å². The second-order valence-corrected chi connectivity index (χ2v) is 11.3. The van der Waals surface area contributed by atoms with Gasteiger partial charge in [0.15, 0.2) is 0 Å². The molecule has 3 nitrogen and oxygen atoms in total. The number of hydrogen-bond donors (Lipinski definition) is 2. The average Bonchev–Trinajstić information content (AvgIpc) is 2.97. The highest BCUT2D eigenvalue weighted by Gasteiger charge is 2.67. The van der Waals surface area contributed by atoms with Gasteiger partial charge in [0, 0.05) is 24.3 Å². The minimum Gasteiger partial charge on any atom is -0.508 e. The van der Waals surface area contributed by atoms with Crippen LogP contribution in [0.15, 0.2) is 18.2 Å². The van der Waals surface area contributed by atoms with E-state index in [4.69, 9.17) is 0 Å². The van der Waals surface area contributed by atoms with Gasteiger partial charge in [0.05, 0.1) is 0 Å². The molecule has 3 fully saturated rings. The zero-order chi connectivity index (χ0) is 22.5. The molecule has 0 bridgehead atoms. The third kappa shape index (κ3) is 3.74. The molecule has 0 unspecified atom stereocenters. The third-order valence-electron chi connectivity index (χ3n) is 9.54. The number of alkyl halides is 2. The Balaban J connectivity index is 1.33. The van der Waals surface area contributed by atoms with Crippen molar-refractivity contribution in [1.82, 2.24) is 5.32 Å². The number of hydrogen-bond acceptors (Lipinski definition) is 2. The number of aromatic hydroxyl groups is 1. The molecule has 5 heteroatoms. The van der Waals surface area contributed by atoms with E-state index in [1.165, 1.54) is 30.4 Å². The maximum Gasteiger partial charge on any atom is 0.253 e. The molecule has 176 valence electrons. The van der Waals surface area contributed by atoms with Crippen molar-refractivity contribution in [3.05, 3.63) is 29.3 Å². The van der Waals surface area contributed by atoms with Gasteiger partial charge in [0.1, 0.15) is 5.75 Å². The summed E-state index contributed by atoms with van der Waals surface area (Å²) < 4.78 is 30.8. The lowest BCUT2D eigenvalue weighted by Gasteiger charge is -2.51. The molecule has 4 aliphatic carbocycles. The summed E-state index contributed by atoms with van der Waals surface area (Å²) in [6, 6.07) is 5.89. The van der Waals surface area contributed by atoms with Crippen LogP contribution in [0.4, 0.5) is 8.78 Å². The SMILES string of the molecule is C[C@]12CC[C@@H]3c4ccc(O)cc4CC[C@H]3[C@@H]1[C@H](CCC(=O)NC1CCCCC1)CC2(F)F. The summed E-state index contributed by atoms with van der Waals surface area (Å²) in [6.45, 7) is 1.82. The Morgan fingerprint density at radius 2 is 1.94 bits per heavy atom. The molecule has 5 rings (SSSR count). The van der Waals surface area contributed by atoms with E-state index in [-0.39, 0.29) is 41.9 Å². The highest BCUT2D eigenvalue weighted by atomic mass is 19.3. The average molecular weight is 446 g/mol. The number of fused-ring (bicyclic) bond motifs is 5. The molecule has 0 spiro atoms. The van der Waals surface area contributed by atoms with Crippen molar-refractivity contribution in [2.75, 3.05) is 0 Å². The molecule has 0 radical (unpaired) electrons. The van der Waals surface area contributed by atoms with Gasteiger partial charge in [0.25, 0.3) is 5.92 Å². The first-order valence-corrected chi connectivity index (χ1v) is 12.8. The van der Waals surface area contributed by atoms with Gasteiger partial charge >= 0.3 is 0 Å². The second kappa shape index (κ2) is 8.29. The van der Waals surface area contributed by atoms with Crippen LogP contribution in [0.5, 0.6) is 5.75 Å². The predicted molar refractivity (Wildman–Crippen MR) is 121 cm³/mol. The molecule has 1 aromatic rings. The Morgan fingerprint density at radius 3 is 2.72 bits per heavy atom. The fourth-order valence-electron chi connectivity index (χ4n) is 7.95. The van der Waals surface area contributed by atoms with Crippen LogP contribution in [0.25, 0.3) is 0 Å². The number of aryl methyl sites for hydroxylation is 1. The summed E-state index contributed by atoms with van der Waals surface area (Å²) in [6.07, 6.45) is 9.62. The summed E-state index contributed by atoms with van der Waals surface area (Å²) in [7, 11) is 0. The number of amides is 1. The van der Waals surface area contributed by atoms with Gasteiger partial charge in [-0.2, -0.15) is 0 Å². The van der Waals surface area contributed by atoms with E-state index < -0.39 is 11.3 Å². The summed E-state index contributed by atoms with van der Waals surface area (Å²) in [4.78, 5) is 12.6. The molecule has 32 heavy (non-hydrogen) atoms. The smallest absolute Gasteiger partial charge is 0.253 e. The maximum atomic E-state index is 15.4. The lowest BCUT2D eigenvalue weighted by Crippen LogP contribution is -2.47. The molecule has 0 saturated heterocycles. The first kappa shape index (κ1) is 22.2. The third-order valence-corrected chi connectivity index (χ3v) is 9.54. The Labute approximate surface area is 190 Å². The summed E-state index contributed by atoms with van der Waals surface area (Å²) in [5.41, 5.74) is 1.47. The molecule has 5 atom stereocenters. The predicted octanol–water partition coefficient (Wildman–Crippen LogP) is 6.34. The fraction of sp³-hybridized carbons (Fsp3) is 0.741. The second-order valence-electron chi connectivity index (χ2n) is 11.3. The number of phenolic OH excluding ortho intramolecular Hbond substituents is 1. The number of rotatable bonds is 4. The number of benzene rings is 1. The summed E-state index contributed by atoms with van der Waals surface area (Å²) >= 11 is 0. The van der Waals surface area contributed by atoms with Crippen LogP contribution < -0.4 is 5.32 Å². The van der Waals surface area contributed by atoms with Crippen LogP contribution in [0.1, 0.15) is 94.6 Å². The Morgan fingerprint density at radius 1 is 1.16 bits per heavy atom. The van der Waals surface area contributed by atoms with Crippen molar-refractivity contribution in [1.29, 1.82) is 0 Å². The van der Waals surface area contributed by atoms with Gasteiger partial charge in [-0.25, -0.2) is 8.78 Å². The summed E-state index contributed by atoms with van der Waals surface area (Å²) in [5, 5.41) is 13.1. The number of phenols is 1. The van der Waals surface area contributed by atoms with Crippen molar-refractivity contribution in [3.63, 3.8) is 0 Å². The Kier molecular flexibility index (Phi) is 5.74. The van der Waals surface area contributed by atoms with Crippen LogP contribution in [0.2, 0.25) is 0 Å². The molecule has 2 N–H and O–H groups in total. The number of nitrogens with one attached hydrogen (secondary N) is 1. The van der Waals surface area contributed by atoms with Crippen LogP contribution in [-0.2, 0) is 11.2 Å². The quantitative estimate of drug-likeness (QED) is 0.568.